The number of nitrogens with zero attached hydrogens (tertiary/aromatic N) is 1. The fourth-order valence-corrected chi connectivity index (χ4v) is 3.74. The minimum atomic E-state index is -0.808. The molecule has 3 rings (SSSR count). The predicted octanol–water partition coefficient (Wildman–Crippen LogP) is 4.92. The molecule has 178 valence electrons. The molecule has 1 atom stereocenters. The predicted molar refractivity (Wildman–Crippen MR) is 131 cm³/mol. The van der Waals surface area contributed by atoms with Gasteiger partial charge in [0.05, 0.1) is 7.11 Å². The van der Waals surface area contributed by atoms with E-state index in [1.165, 1.54) is 12.1 Å². The van der Waals surface area contributed by atoms with Gasteiger partial charge in [0.2, 0.25) is 11.8 Å². The Morgan fingerprint density at radius 2 is 1.53 bits per heavy atom. The first-order chi connectivity index (χ1) is 16.4. The lowest BCUT2D eigenvalue weighted by Gasteiger charge is -2.33. The van der Waals surface area contributed by atoms with Crippen LogP contribution in [-0.2, 0) is 22.6 Å². The Balaban J connectivity index is 1.83. The average Bonchev–Trinajstić information content (AvgIpc) is 2.85. The van der Waals surface area contributed by atoms with Crippen molar-refractivity contribution in [2.24, 2.45) is 5.92 Å². The summed E-state index contributed by atoms with van der Waals surface area (Å²) < 4.78 is 18.6. The van der Waals surface area contributed by atoms with Gasteiger partial charge in [-0.2, -0.15) is 0 Å². The average molecular weight is 463 g/mol. The van der Waals surface area contributed by atoms with Gasteiger partial charge in [0.1, 0.15) is 17.6 Å². The lowest BCUT2D eigenvalue weighted by atomic mass is 10.0. The first-order valence-electron chi connectivity index (χ1n) is 11.4. The Bertz CT molecular complexity index is 1070. The number of rotatable bonds is 10. The number of carbonyl (C=O) groups is 2. The Labute approximate surface area is 200 Å². The molecule has 3 aromatic rings. The van der Waals surface area contributed by atoms with Crippen molar-refractivity contribution >= 4 is 11.8 Å². The number of hydrogen-bond donors (Lipinski definition) is 1. The number of benzene rings is 3. The monoisotopic (exact) mass is 462 g/mol. The van der Waals surface area contributed by atoms with Crippen molar-refractivity contribution in [3.8, 4) is 5.75 Å². The van der Waals surface area contributed by atoms with Crippen molar-refractivity contribution in [2.75, 3.05) is 13.7 Å². The van der Waals surface area contributed by atoms with Gasteiger partial charge in [0.15, 0.2) is 0 Å². The van der Waals surface area contributed by atoms with Crippen LogP contribution in [0.4, 0.5) is 4.39 Å². The van der Waals surface area contributed by atoms with E-state index in [1.54, 1.807) is 24.1 Å². The molecule has 0 fully saturated rings. The van der Waals surface area contributed by atoms with Crippen LogP contribution in [0.15, 0.2) is 78.9 Å². The summed E-state index contributed by atoms with van der Waals surface area (Å²) in [5.41, 5.74) is 2.54. The van der Waals surface area contributed by atoms with E-state index in [-0.39, 0.29) is 30.1 Å². The zero-order valence-electron chi connectivity index (χ0n) is 19.8. The Hall–Kier alpha value is -3.67. The van der Waals surface area contributed by atoms with Gasteiger partial charge in [-0.3, -0.25) is 9.59 Å². The van der Waals surface area contributed by atoms with Gasteiger partial charge >= 0.3 is 0 Å². The highest BCUT2D eigenvalue weighted by molar-refractivity contribution is 5.89. The minimum Gasteiger partial charge on any atom is -0.497 e. The number of carbonyl (C=O) groups excluding carboxylic acids is 2. The van der Waals surface area contributed by atoms with Crippen LogP contribution in [0.2, 0.25) is 0 Å². The maximum Gasteiger partial charge on any atom is 0.247 e. The molecule has 3 aromatic carbocycles. The zero-order valence-corrected chi connectivity index (χ0v) is 19.8. The molecule has 0 spiro atoms. The van der Waals surface area contributed by atoms with Crippen LogP contribution in [0, 0.1) is 11.7 Å². The summed E-state index contributed by atoms with van der Waals surface area (Å²) in [5.74, 6) is -0.278. The summed E-state index contributed by atoms with van der Waals surface area (Å²) in [7, 11) is 1.62. The SMILES string of the molecule is COc1ccc(CCNC(=O)[C@H](c2ccccc2)N(Cc2ccc(F)cc2)C(=O)C(C)C)cc1. The van der Waals surface area contributed by atoms with E-state index in [2.05, 4.69) is 5.32 Å². The molecule has 1 N–H and O–H groups in total. The third kappa shape index (κ3) is 6.67. The molecule has 6 heteroatoms. The van der Waals surface area contributed by atoms with Crippen LogP contribution in [-0.4, -0.2) is 30.4 Å². The molecule has 0 saturated carbocycles. The molecule has 0 aliphatic heterocycles. The van der Waals surface area contributed by atoms with Crippen LogP contribution < -0.4 is 10.1 Å². The number of methoxy groups -OCH3 is 1. The first-order valence-corrected chi connectivity index (χ1v) is 11.4. The van der Waals surface area contributed by atoms with Gasteiger partial charge in [0, 0.05) is 19.0 Å². The quantitative estimate of drug-likeness (QED) is 0.465. The highest BCUT2D eigenvalue weighted by Crippen LogP contribution is 2.26. The van der Waals surface area contributed by atoms with Gasteiger partial charge in [-0.05, 0) is 47.4 Å². The largest absolute Gasteiger partial charge is 0.497 e. The smallest absolute Gasteiger partial charge is 0.247 e. The lowest BCUT2D eigenvalue weighted by molar-refractivity contribution is -0.144. The van der Waals surface area contributed by atoms with E-state index in [1.807, 2.05) is 68.4 Å². The maximum absolute atomic E-state index is 13.5. The third-order valence-corrected chi connectivity index (χ3v) is 5.59. The van der Waals surface area contributed by atoms with Crippen molar-refractivity contribution in [3.63, 3.8) is 0 Å². The van der Waals surface area contributed by atoms with Gasteiger partial charge in [0.25, 0.3) is 0 Å². The third-order valence-electron chi connectivity index (χ3n) is 5.59. The number of halogens is 1. The van der Waals surface area contributed by atoms with Crippen molar-refractivity contribution in [2.45, 2.75) is 32.9 Å². The Kier molecular flexibility index (Phi) is 8.79. The molecular weight excluding hydrogens is 431 g/mol. The molecular formula is C28H31FN2O3. The Morgan fingerprint density at radius 3 is 2.12 bits per heavy atom. The summed E-state index contributed by atoms with van der Waals surface area (Å²) in [6, 6.07) is 22.1. The molecule has 0 bridgehead atoms. The second kappa shape index (κ2) is 12.0. The highest BCUT2D eigenvalue weighted by atomic mass is 19.1. The molecule has 0 unspecified atom stereocenters. The van der Waals surface area contributed by atoms with Crippen LogP contribution in [0.5, 0.6) is 5.75 Å². The summed E-state index contributed by atoms with van der Waals surface area (Å²) in [5, 5.41) is 3.00. The molecule has 0 saturated heterocycles. The molecule has 0 aliphatic carbocycles. The minimum absolute atomic E-state index is 0.150. The lowest BCUT2D eigenvalue weighted by Crippen LogP contribution is -2.45. The van der Waals surface area contributed by atoms with Gasteiger partial charge < -0.3 is 15.0 Å². The Morgan fingerprint density at radius 1 is 0.912 bits per heavy atom. The van der Waals surface area contributed by atoms with Crippen LogP contribution in [0.1, 0.15) is 36.6 Å². The molecule has 34 heavy (non-hydrogen) atoms. The van der Waals surface area contributed by atoms with E-state index in [0.717, 1.165) is 22.4 Å². The second-order valence-corrected chi connectivity index (χ2v) is 8.45. The van der Waals surface area contributed by atoms with E-state index in [0.29, 0.717) is 13.0 Å². The maximum atomic E-state index is 13.5. The van der Waals surface area contributed by atoms with Crippen LogP contribution in [0.3, 0.4) is 0 Å². The highest BCUT2D eigenvalue weighted by Gasteiger charge is 2.32. The molecule has 0 aromatic heterocycles. The van der Waals surface area contributed by atoms with Crippen molar-refractivity contribution in [3.05, 3.63) is 101 Å². The van der Waals surface area contributed by atoms with E-state index < -0.39 is 6.04 Å². The van der Waals surface area contributed by atoms with E-state index >= 15 is 0 Å². The normalized spacial score (nSPS) is 11.7. The van der Waals surface area contributed by atoms with E-state index in [4.69, 9.17) is 4.74 Å². The summed E-state index contributed by atoms with van der Waals surface area (Å²) in [6.07, 6.45) is 0.646. The topological polar surface area (TPSA) is 58.6 Å². The van der Waals surface area contributed by atoms with Crippen molar-refractivity contribution in [1.29, 1.82) is 0 Å². The van der Waals surface area contributed by atoms with Crippen molar-refractivity contribution < 1.29 is 18.7 Å². The van der Waals surface area contributed by atoms with Crippen molar-refractivity contribution in [1.82, 2.24) is 10.2 Å². The van der Waals surface area contributed by atoms with Gasteiger partial charge in [-0.1, -0.05) is 68.4 Å². The molecule has 0 aliphatic rings. The molecule has 0 radical (unpaired) electrons. The second-order valence-electron chi connectivity index (χ2n) is 8.45. The standard InChI is InChI=1S/C28H31FN2O3/c1-20(2)28(33)31(19-22-9-13-24(29)14-10-22)26(23-7-5-4-6-8-23)27(32)30-18-17-21-11-15-25(34-3)16-12-21/h4-16,20,26H,17-19H2,1-3H3,(H,30,32)/t26-/m0/s1. The summed E-state index contributed by atoms with van der Waals surface area (Å²) >= 11 is 0. The van der Waals surface area contributed by atoms with E-state index in [9.17, 15) is 14.0 Å². The van der Waals surface area contributed by atoms with Crippen LogP contribution in [0.25, 0.3) is 0 Å². The first kappa shape index (κ1) is 25.0. The number of amides is 2. The fourth-order valence-electron chi connectivity index (χ4n) is 3.74. The number of ether oxygens (including phenoxy) is 1. The summed E-state index contributed by atoms with van der Waals surface area (Å²) in [4.78, 5) is 28.3. The summed E-state index contributed by atoms with van der Waals surface area (Å²) in [6.45, 7) is 4.24. The number of hydrogen-bond acceptors (Lipinski definition) is 3. The zero-order chi connectivity index (χ0) is 24.5. The fraction of sp³-hybridized carbons (Fsp3) is 0.286. The van der Waals surface area contributed by atoms with Gasteiger partial charge in [-0.15, -0.1) is 0 Å². The molecule has 2 amide bonds. The van der Waals surface area contributed by atoms with Gasteiger partial charge in [-0.25, -0.2) is 4.39 Å². The molecule has 5 nitrogen and oxygen atoms in total. The number of nitrogens with one attached hydrogen (secondary N) is 1. The molecule has 0 heterocycles. The van der Waals surface area contributed by atoms with Crippen LogP contribution >= 0.6 is 0 Å².